The molecule has 0 aromatic rings. The summed E-state index contributed by atoms with van der Waals surface area (Å²) in [5.41, 5.74) is 0. The maximum absolute atomic E-state index is 12.5. The molecule has 11 heteroatoms. The van der Waals surface area contributed by atoms with Crippen LogP contribution in [0.25, 0.3) is 0 Å². The molecule has 0 rings (SSSR count). The molecule has 0 heterocycles. The Kier molecular flexibility index (Phi) is 36.7. The van der Waals surface area contributed by atoms with E-state index < -0.39 is 51.8 Å². The lowest BCUT2D eigenvalue weighted by Gasteiger charge is -2.20. The van der Waals surface area contributed by atoms with Crippen molar-refractivity contribution in [2.24, 2.45) is 0 Å². The zero-order valence-corrected chi connectivity index (χ0v) is 34.1. The van der Waals surface area contributed by atoms with E-state index in [0.717, 1.165) is 25.7 Å². The molecule has 0 saturated heterocycles. The van der Waals surface area contributed by atoms with Crippen LogP contribution in [0.4, 0.5) is 0 Å². The Labute approximate surface area is 322 Å². The quantitative estimate of drug-likeness (QED) is 0.0240. The number of unbranched alkanes of at least 4 members (excludes halogenated alkanes) is 16. The van der Waals surface area contributed by atoms with Crippen molar-refractivity contribution in [1.29, 1.82) is 0 Å². The van der Waals surface area contributed by atoms with Crippen LogP contribution < -0.4 is 0 Å². The zero-order valence-electron chi connectivity index (χ0n) is 33.2. The molecule has 308 valence electrons. The lowest BCUT2D eigenvalue weighted by atomic mass is 10.1. The Hall–Kier alpha value is -2.07. The van der Waals surface area contributed by atoms with Crippen molar-refractivity contribution in [3.63, 3.8) is 0 Å². The Morgan fingerprint density at radius 1 is 0.566 bits per heavy atom. The topological polar surface area (TPSA) is 149 Å². The third-order valence-corrected chi connectivity index (χ3v) is 9.43. The average Bonchev–Trinajstić information content (AvgIpc) is 3.14. The van der Waals surface area contributed by atoms with Crippen molar-refractivity contribution in [2.45, 2.75) is 180 Å². The van der Waals surface area contributed by atoms with Gasteiger partial charge in [0.05, 0.1) is 19.8 Å². The van der Waals surface area contributed by atoms with Crippen molar-refractivity contribution in [2.75, 3.05) is 26.4 Å². The third-order valence-electron chi connectivity index (χ3n) is 8.48. The van der Waals surface area contributed by atoms with Crippen LogP contribution in [0.2, 0.25) is 0 Å². The molecule has 3 atom stereocenters. The summed E-state index contributed by atoms with van der Waals surface area (Å²) >= 11 is 0. The zero-order chi connectivity index (χ0) is 39.1. The number of phosphoric acid groups is 1. The fourth-order valence-electron chi connectivity index (χ4n) is 5.27. The first kappa shape index (κ1) is 50.9. The minimum Gasteiger partial charge on any atom is -0.462 e. The van der Waals surface area contributed by atoms with E-state index in [1.807, 2.05) is 24.3 Å². The molecule has 3 unspecified atom stereocenters. The predicted octanol–water partition coefficient (Wildman–Crippen LogP) is 10.6. The van der Waals surface area contributed by atoms with Crippen LogP contribution in [0.15, 0.2) is 48.6 Å². The first-order valence-corrected chi connectivity index (χ1v) is 22.1. The third kappa shape index (κ3) is 38.0. The summed E-state index contributed by atoms with van der Waals surface area (Å²) < 4.78 is 32.5. The first-order chi connectivity index (χ1) is 25.7. The van der Waals surface area contributed by atoms with E-state index in [-0.39, 0.29) is 19.4 Å². The van der Waals surface area contributed by atoms with Gasteiger partial charge >= 0.3 is 19.8 Å². The van der Waals surface area contributed by atoms with Gasteiger partial charge < -0.3 is 24.6 Å². The highest BCUT2D eigenvalue weighted by Gasteiger charge is 2.27. The highest BCUT2D eigenvalue weighted by atomic mass is 31.2. The van der Waals surface area contributed by atoms with Gasteiger partial charge in [-0.05, 0) is 51.4 Å². The molecule has 53 heavy (non-hydrogen) atoms. The molecule has 0 aromatic heterocycles. The molecule has 0 radical (unpaired) electrons. The molecular weight excluding hydrogens is 695 g/mol. The summed E-state index contributed by atoms with van der Waals surface area (Å²) in [6.07, 6.45) is 39.7. The van der Waals surface area contributed by atoms with Gasteiger partial charge in [0.15, 0.2) is 6.10 Å². The number of carbonyl (C=O) groups is 2. The van der Waals surface area contributed by atoms with Crippen LogP contribution in [0, 0.1) is 0 Å². The number of esters is 2. The van der Waals surface area contributed by atoms with Gasteiger partial charge in [-0.2, -0.15) is 0 Å². The normalized spacial score (nSPS) is 14.4. The number of hydrogen-bond donors (Lipinski definition) is 3. The van der Waals surface area contributed by atoms with Gasteiger partial charge in [0, 0.05) is 12.8 Å². The smallest absolute Gasteiger partial charge is 0.462 e. The van der Waals surface area contributed by atoms with Gasteiger partial charge in [-0.25, -0.2) is 4.57 Å². The highest BCUT2D eigenvalue weighted by molar-refractivity contribution is 7.47. The first-order valence-electron chi connectivity index (χ1n) is 20.6. The molecule has 0 spiro atoms. The molecule has 0 aliphatic heterocycles. The predicted molar refractivity (Wildman–Crippen MR) is 214 cm³/mol. The van der Waals surface area contributed by atoms with Crippen LogP contribution in [-0.4, -0.2) is 65.7 Å². The van der Waals surface area contributed by atoms with Crippen molar-refractivity contribution in [1.82, 2.24) is 0 Å². The van der Waals surface area contributed by atoms with E-state index in [1.54, 1.807) is 0 Å². The fraction of sp³-hybridized carbons (Fsp3) is 0.762. The van der Waals surface area contributed by atoms with E-state index in [1.165, 1.54) is 103 Å². The van der Waals surface area contributed by atoms with Crippen molar-refractivity contribution in [3.05, 3.63) is 48.6 Å². The van der Waals surface area contributed by atoms with E-state index in [9.17, 15) is 24.2 Å². The van der Waals surface area contributed by atoms with Gasteiger partial charge in [0.1, 0.15) is 12.7 Å². The number of aliphatic hydroxyl groups is 2. The number of phosphoric ester groups is 1. The molecule has 0 amide bonds. The SMILES string of the molecule is CCCCCCCCCCC=CCC=CCCC(=O)OCC(COP(=O)(O)OCC(O)CO)OC(=O)CCC=CCC=CCCCCCCCCCC. The lowest BCUT2D eigenvalue weighted by Crippen LogP contribution is -2.29. The van der Waals surface area contributed by atoms with E-state index in [4.69, 9.17) is 19.1 Å². The minimum atomic E-state index is -4.64. The van der Waals surface area contributed by atoms with Crippen LogP contribution in [0.5, 0.6) is 0 Å². The maximum atomic E-state index is 12.5. The van der Waals surface area contributed by atoms with Crippen LogP contribution in [0.3, 0.4) is 0 Å². The van der Waals surface area contributed by atoms with Gasteiger partial charge in [0.2, 0.25) is 0 Å². The summed E-state index contributed by atoms with van der Waals surface area (Å²) in [5, 5.41) is 18.3. The molecule has 0 fully saturated rings. The summed E-state index contributed by atoms with van der Waals surface area (Å²) in [6.45, 7) is 2.24. The molecule has 10 nitrogen and oxygen atoms in total. The second-order valence-electron chi connectivity index (χ2n) is 13.7. The largest absolute Gasteiger partial charge is 0.472 e. The maximum Gasteiger partial charge on any atom is 0.472 e. The van der Waals surface area contributed by atoms with E-state index in [2.05, 4.69) is 42.7 Å². The van der Waals surface area contributed by atoms with Crippen LogP contribution in [-0.2, 0) is 32.7 Å². The minimum absolute atomic E-state index is 0.0667. The number of allylic oxidation sites excluding steroid dienone is 8. The van der Waals surface area contributed by atoms with Gasteiger partial charge in [0.25, 0.3) is 0 Å². The Bertz CT molecular complexity index is 1030. The summed E-state index contributed by atoms with van der Waals surface area (Å²) in [6, 6.07) is 0. The second kappa shape index (κ2) is 38.2. The number of rotatable bonds is 38. The molecule has 0 bridgehead atoms. The van der Waals surface area contributed by atoms with Crippen molar-refractivity contribution in [3.8, 4) is 0 Å². The molecule has 0 saturated carbocycles. The molecule has 0 aromatic carbocycles. The highest BCUT2D eigenvalue weighted by Crippen LogP contribution is 2.43. The van der Waals surface area contributed by atoms with E-state index >= 15 is 0 Å². The Morgan fingerprint density at radius 2 is 0.981 bits per heavy atom. The molecule has 0 aliphatic rings. The Balaban J connectivity index is 4.49. The van der Waals surface area contributed by atoms with Crippen LogP contribution in [0.1, 0.15) is 168 Å². The molecule has 0 aliphatic carbocycles. The second-order valence-corrected chi connectivity index (χ2v) is 15.1. The van der Waals surface area contributed by atoms with Gasteiger partial charge in [-0.1, -0.05) is 152 Å². The number of carbonyl (C=O) groups excluding carboxylic acids is 2. The summed E-state index contributed by atoms with van der Waals surface area (Å²) in [7, 11) is -4.64. The average molecular weight is 771 g/mol. The van der Waals surface area contributed by atoms with E-state index in [0.29, 0.717) is 12.8 Å². The number of ether oxygens (including phenoxy) is 2. The summed E-state index contributed by atoms with van der Waals surface area (Å²) in [4.78, 5) is 34.8. The number of hydrogen-bond acceptors (Lipinski definition) is 9. The monoisotopic (exact) mass is 771 g/mol. The lowest BCUT2D eigenvalue weighted by molar-refractivity contribution is -0.161. The van der Waals surface area contributed by atoms with Crippen molar-refractivity contribution >= 4 is 19.8 Å². The molecular formula is C42H75O10P. The van der Waals surface area contributed by atoms with Gasteiger partial charge in [-0.15, -0.1) is 0 Å². The Morgan fingerprint density at radius 3 is 1.45 bits per heavy atom. The fourth-order valence-corrected chi connectivity index (χ4v) is 6.06. The molecule has 3 N–H and O–H groups in total. The van der Waals surface area contributed by atoms with Crippen LogP contribution >= 0.6 is 7.82 Å². The van der Waals surface area contributed by atoms with Gasteiger partial charge in [-0.3, -0.25) is 18.6 Å². The van der Waals surface area contributed by atoms with Crippen molar-refractivity contribution < 1.29 is 47.8 Å². The standard InChI is InChI=1S/C42H75O10P/c1-3-5-7-9-11-13-15-17-19-21-23-25-27-29-31-33-41(45)49-37-40(38-51-53(47,48)50-36-39(44)35-43)52-42(46)34-32-30-28-26-24-22-20-18-16-14-12-10-8-6-4-2/h21-24,27-30,39-40,43-44H,3-20,25-26,31-38H2,1-2H3,(H,47,48). The number of aliphatic hydroxyl groups excluding tert-OH is 2. The summed E-state index contributed by atoms with van der Waals surface area (Å²) in [5.74, 6) is -1.08.